The topological polar surface area (TPSA) is 101 Å². The quantitative estimate of drug-likeness (QED) is 0.462. The fraction of sp³-hybridized carbons (Fsp3) is 0.375. The lowest BCUT2D eigenvalue weighted by molar-refractivity contribution is 0.411. The summed E-state index contributed by atoms with van der Waals surface area (Å²) >= 11 is 7.76. The standard InChI is InChI=1S/C24H27ClN6O3S2/c1-15-10-16(18-11-22(25)26-14-20(18)34-2)4-9-31(15)24-28-19-13-27-23(12-21(19)35-24)30-7-5-17(6-8-30)29-36(3,32)33/h4,10-14,17,29H,5-9H2,1-3H3. The second-order valence-electron chi connectivity index (χ2n) is 8.92. The molecule has 9 nitrogen and oxygen atoms in total. The second-order valence-corrected chi connectivity index (χ2v) is 12.1. The van der Waals surface area contributed by atoms with Gasteiger partial charge in [-0.2, -0.15) is 0 Å². The Morgan fingerprint density at radius 1 is 1.19 bits per heavy atom. The highest BCUT2D eigenvalue weighted by Gasteiger charge is 2.24. The van der Waals surface area contributed by atoms with Crippen LogP contribution in [0.4, 0.5) is 10.9 Å². The molecule has 36 heavy (non-hydrogen) atoms. The average Bonchev–Trinajstić information content (AvgIpc) is 3.26. The molecular weight excluding hydrogens is 520 g/mol. The van der Waals surface area contributed by atoms with Crippen molar-refractivity contribution < 1.29 is 13.2 Å². The first-order valence-electron chi connectivity index (χ1n) is 11.5. The first-order valence-corrected chi connectivity index (χ1v) is 14.6. The van der Waals surface area contributed by atoms with Gasteiger partial charge in [0.2, 0.25) is 10.0 Å². The van der Waals surface area contributed by atoms with E-state index in [-0.39, 0.29) is 6.04 Å². The Kier molecular flexibility index (Phi) is 6.90. The number of rotatable bonds is 6. The average molecular weight is 547 g/mol. The van der Waals surface area contributed by atoms with E-state index in [4.69, 9.17) is 21.3 Å². The third-order valence-electron chi connectivity index (χ3n) is 6.33. The van der Waals surface area contributed by atoms with E-state index < -0.39 is 10.0 Å². The molecule has 5 rings (SSSR count). The fourth-order valence-corrected chi connectivity index (χ4v) is 6.58. The SMILES string of the molecule is COc1cnc(Cl)cc1C1=CCN(c2nc3cnc(N4CCC(NS(C)(=O)=O)CC4)cc3s2)C(C)=C1. The van der Waals surface area contributed by atoms with Gasteiger partial charge in [-0.3, -0.25) is 0 Å². The summed E-state index contributed by atoms with van der Waals surface area (Å²) in [5.41, 5.74) is 3.86. The molecule has 5 heterocycles. The zero-order valence-electron chi connectivity index (χ0n) is 20.2. The summed E-state index contributed by atoms with van der Waals surface area (Å²) in [6.45, 7) is 4.23. The molecule has 1 fully saturated rings. The van der Waals surface area contributed by atoms with Crippen LogP contribution in [0.15, 0.2) is 42.4 Å². The number of anilines is 2. The Morgan fingerprint density at radius 3 is 2.67 bits per heavy atom. The highest BCUT2D eigenvalue weighted by atomic mass is 35.5. The van der Waals surface area contributed by atoms with Crippen LogP contribution in [0.5, 0.6) is 5.75 Å². The largest absolute Gasteiger partial charge is 0.494 e. The number of piperidine rings is 1. The van der Waals surface area contributed by atoms with E-state index in [1.165, 1.54) is 6.26 Å². The van der Waals surface area contributed by atoms with Crippen molar-refractivity contribution in [3.05, 3.63) is 53.1 Å². The molecule has 0 amide bonds. The molecule has 0 aromatic carbocycles. The molecule has 190 valence electrons. The molecule has 1 saturated heterocycles. The number of methoxy groups -OCH3 is 1. The number of pyridine rings is 2. The predicted octanol–water partition coefficient (Wildman–Crippen LogP) is 4.07. The van der Waals surface area contributed by atoms with Gasteiger partial charge in [0.05, 0.1) is 30.5 Å². The lowest BCUT2D eigenvalue weighted by Crippen LogP contribution is -2.44. The summed E-state index contributed by atoms with van der Waals surface area (Å²) in [7, 11) is -1.57. The van der Waals surface area contributed by atoms with Gasteiger partial charge >= 0.3 is 0 Å². The van der Waals surface area contributed by atoms with E-state index in [1.54, 1.807) is 24.6 Å². The van der Waals surface area contributed by atoms with Crippen LogP contribution in [0.25, 0.3) is 15.8 Å². The monoisotopic (exact) mass is 546 g/mol. The van der Waals surface area contributed by atoms with Gasteiger partial charge in [0, 0.05) is 43.0 Å². The van der Waals surface area contributed by atoms with Crippen molar-refractivity contribution >= 4 is 59.7 Å². The summed E-state index contributed by atoms with van der Waals surface area (Å²) in [4.78, 5) is 18.0. The number of hydrogen-bond donors (Lipinski definition) is 1. The van der Waals surface area contributed by atoms with Crippen molar-refractivity contribution in [1.82, 2.24) is 19.7 Å². The normalized spacial score (nSPS) is 17.3. The molecule has 0 spiro atoms. The maximum Gasteiger partial charge on any atom is 0.208 e. The second kappa shape index (κ2) is 9.97. The fourth-order valence-electron chi connectivity index (χ4n) is 4.54. The lowest BCUT2D eigenvalue weighted by Gasteiger charge is -2.32. The number of nitrogens with one attached hydrogen (secondary N) is 1. The Bertz CT molecular complexity index is 1460. The van der Waals surface area contributed by atoms with Gasteiger partial charge in [-0.15, -0.1) is 0 Å². The van der Waals surface area contributed by atoms with Gasteiger partial charge in [0.25, 0.3) is 0 Å². The minimum atomic E-state index is -3.19. The molecule has 2 aliphatic heterocycles. The number of sulfonamides is 1. The van der Waals surface area contributed by atoms with Gasteiger partial charge in [0.1, 0.15) is 22.2 Å². The Hall–Kier alpha value is -2.73. The Balaban J connectivity index is 1.32. The summed E-state index contributed by atoms with van der Waals surface area (Å²) in [5, 5.41) is 1.33. The van der Waals surface area contributed by atoms with Crippen molar-refractivity contribution in [2.75, 3.05) is 42.8 Å². The van der Waals surface area contributed by atoms with Crippen LogP contribution >= 0.6 is 22.9 Å². The Morgan fingerprint density at radius 2 is 1.97 bits per heavy atom. The van der Waals surface area contributed by atoms with Gasteiger partial charge in [-0.25, -0.2) is 28.1 Å². The molecule has 3 aromatic rings. The summed E-state index contributed by atoms with van der Waals surface area (Å²) < 4.78 is 32.3. The molecule has 3 aromatic heterocycles. The van der Waals surface area contributed by atoms with Crippen LogP contribution < -0.4 is 19.3 Å². The zero-order chi connectivity index (χ0) is 25.4. The number of thiazole rings is 1. The van der Waals surface area contributed by atoms with Crippen LogP contribution in [0.3, 0.4) is 0 Å². The molecule has 0 bridgehead atoms. The molecule has 0 saturated carbocycles. The van der Waals surface area contributed by atoms with Crippen LogP contribution in [0.2, 0.25) is 5.15 Å². The van der Waals surface area contributed by atoms with Crippen molar-refractivity contribution in [3.8, 4) is 5.75 Å². The van der Waals surface area contributed by atoms with Crippen LogP contribution in [0.1, 0.15) is 25.3 Å². The van der Waals surface area contributed by atoms with E-state index in [9.17, 15) is 8.42 Å². The highest BCUT2D eigenvalue weighted by Crippen LogP contribution is 2.36. The molecule has 0 radical (unpaired) electrons. The van der Waals surface area contributed by atoms with E-state index in [2.05, 4.69) is 49.6 Å². The van der Waals surface area contributed by atoms with Crippen molar-refractivity contribution in [3.63, 3.8) is 0 Å². The number of hydrogen-bond acceptors (Lipinski definition) is 9. The number of halogens is 1. The van der Waals surface area contributed by atoms with E-state index >= 15 is 0 Å². The number of allylic oxidation sites excluding steroid dienone is 3. The van der Waals surface area contributed by atoms with Crippen LogP contribution in [-0.4, -0.2) is 62.4 Å². The number of nitrogens with zero attached hydrogens (tertiary/aromatic N) is 5. The molecule has 12 heteroatoms. The first-order chi connectivity index (χ1) is 17.2. The van der Waals surface area contributed by atoms with Gasteiger partial charge in [-0.1, -0.05) is 29.0 Å². The van der Waals surface area contributed by atoms with Gasteiger partial charge in [-0.05, 0) is 37.5 Å². The van der Waals surface area contributed by atoms with E-state index in [0.29, 0.717) is 17.4 Å². The third-order valence-corrected chi connectivity index (χ3v) is 8.34. The molecule has 0 aliphatic carbocycles. The van der Waals surface area contributed by atoms with Crippen LogP contribution in [-0.2, 0) is 10.0 Å². The first kappa shape index (κ1) is 24.9. The number of aromatic nitrogens is 3. The van der Waals surface area contributed by atoms with Crippen molar-refractivity contribution in [1.29, 1.82) is 0 Å². The third kappa shape index (κ3) is 5.34. The van der Waals surface area contributed by atoms with E-state index in [0.717, 1.165) is 63.9 Å². The van der Waals surface area contributed by atoms with Gasteiger partial charge in [0.15, 0.2) is 5.13 Å². The lowest BCUT2D eigenvalue weighted by atomic mass is 10.0. The smallest absolute Gasteiger partial charge is 0.208 e. The van der Waals surface area contributed by atoms with Crippen molar-refractivity contribution in [2.24, 2.45) is 0 Å². The molecule has 0 unspecified atom stereocenters. The minimum absolute atomic E-state index is 0.0232. The molecule has 1 N–H and O–H groups in total. The number of fused-ring (bicyclic) bond motifs is 1. The van der Waals surface area contributed by atoms with Crippen LogP contribution in [0, 0.1) is 0 Å². The van der Waals surface area contributed by atoms with E-state index in [1.807, 2.05) is 12.3 Å². The van der Waals surface area contributed by atoms with Gasteiger partial charge < -0.3 is 14.5 Å². The predicted molar refractivity (Wildman–Crippen MR) is 146 cm³/mol. The summed E-state index contributed by atoms with van der Waals surface area (Å²) in [6, 6.07) is 3.87. The minimum Gasteiger partial charge on any atom is -0.494 e. The highest BCUT2D eigenvalue weighted by molar-refractivity contribution is 7.88. The molecule has 0 atom stereocenters. The maximum atomic E-state index is 11.5. The maximum absolute atomic E-state index is 11.5. The van der Waals surface area contributed by atoms with Crippen molar-refractivity contribution in [2.45, 2.75) is 25.8 Å². The molecular formula is C24H27ClN6O3S2. The Labute approximate surface area is 219 Å². The number of ether oxygens (including phenoxy) is 1. The molecule has 2 aliphatic rings. The summed E-state index contributed by atoms with van der Waals surface area (Å²) in [5.74, 6) is 1.57. The zero-order valence-corrected chi connectivity index (χ0v) is 22.6. The summed E-state index contributed by atoms with van der Waals surface area (Å²) in [6.07, 6.45) is 10.4.